The lowest BCUT2D eigenvalue weighted by atomic mass is 10.2. The van der Waals surface area contributed by atoms with Crippen LogP contribution in [-0.4, -0.2) is 34.2 Å². The van der Waals surface area contributed by atoms with Crippen molar-refractivity contribution in [2.45, 2.75) is 11.8 Å². The monoisotopic (exact) mass is 471 g/mol. The molecule has 1 N–H and O–H groups in total. The van der Waals surface area contributed by atoms with Crippen LogP contribution >= 0.6 is 11.6 Å². The minimum absolute atomic E-state index is 0.0599. The minimum atomic E-state index is -4.03. The highest BCUT2D eigenvalue weighted by molar-refractivity contribution is 7.92. The molecule has 0 atom stereocenters. The van der Waals surface area contributed by atoms with Crippen LogP contribution in [0.5, 0.6) is 5.75 Å². The van der Waals surface area contributed by atoms with E-state index < -0.39 is 22.5 Å². The summed E-state index contributed by atoms with van der Waals surface area (Å²) < 4.78 is 33.0. The first-order chi connectivity index (χ1) is 15.3. The van der Waals surface area contributed by atoms with Crippen molar-refractivity contribution in [2.24, 2.45) is 5.10 Å². The molecule has 3 rings (SSSR count). The number of hydrogen-bond acceptors (Lipinski definition) is 5. The van der Waals surface area contributed by atoms with Gasteiger partial charge in [-0.3, -0.25) is 9.10 Å². The summed E-state index contributed by atoms with van der Waals surface area (Å²) in [5.41, 5.74) is 3.89. The molecule has 0 unspecified atom stereocenters. The zero-order valence-electron chi connectivity index (χ0n) is 17.5. The van der Waals surface area contributed by atoms with Gasteiger partial charge in [0.15, 0.2) is 0 Å². The van der Waals surface area contributed by atoms with Crippen LogP contribution in [0.3, 0.4) is 0 Å². The molecule has 0 saturated carbocycles. The van der Waals surface area contributed by atoms with E-state index in [-0.39, 0.29) is 4.90 Å². The van der Waals surface area contributed by atoms with Crippen molar-refractivity contribution in [1.29, 1.82) is 0 Å². The van der Waals surface area contributed by atoms with Gasteiger partial charge in [-0.15, -0.1) is 0 Å². The third-order valence-electron chi connectivity index (χ3n) is 4.66. The number of anilines is 1. The number of para-hydroxylation sites is 1. The van der Waals surface area contributed by atoms with E-state index in [0.717, 1.165) is 4.31 Å². The quantitative estimate of drug-likeness (QED) is 0.397. The molecule has 0 aliphatic heterocycles. The van der Waals surface area contributed by atoms with Crippen molar-refractivity contribution >= 4 is 39.4 Å². The number of benzene rings is 3. The Hall–Kier alpha value is -3.36. The summed E-state index contributed by atoms with van der Waals surface area (Å²) in [7, 11) is -2.50. The smallest absolute Gasteiger partial charge is 0.264 e. The molecule has 0 radical (unpaired) electrons. The molecule has 0 heterocycles. The Bertz CT molecular complexity index is 1230. The summed E-state index contributed by atoms with van der Waals surface area (Å²) in [5.74, 6) is -0.0247. The van der Waals surface area contributed by atoms with Gasteiger partial charge in [0.25, 0.3) is 15.9 Å². The summed E-state index contributed by atoms with van der Waals surface area (Å²) in [5, 5.41) is 4.33. The van der Waals surface area contributed by atoms with Gasteiger partial charge >= 0.3 is 0 Å². The Kier molecular flexibility index (Phi) is 7.50. The van der Waals surface area contributed by atoms with Gasteiger partial charge in [0.05, 0.1) is 23.9 Å². The maximum atomic E-state index is 13.4. The van der Waals surface area contributed by atoms with Gasteiger partial charge in [-0.1, -0.05) is 48.0 Å². The molecule has 0 fully saturated rings. The van der Waals surface area contributed by atoms with Crippen LogP contribution in [0.2, 0.25) is 5.02 Å². The third kappa shape index (κ3) is 5.27. The first kappa shape index (κ1) is 23.3. The Morgan fingerprint density at radius 3 is 2.47 bits per heavy atom. The zero-order valence-corrected chi connectivity index (χ0v) is 19.1. The first-order valence-electron chi connectivity index (χ1n) is 9.62. The van der Waals surface area contributed by atoms with Crippen LogP contribution in [0.4, 0.5) is 5.69 Å². The number of hydrazone groups is 1. The van der Waals surface area contributed by atoms with E-state index in [1.54, 1.807) is 55.5 Å². The second-order valence-corrected chi connectivity index (χ2v) is 9.01. The minimum Gasteiger partial charge on any atom is -0.496 e. The van der Waals surface area contributed by atoms with Gasteiger partial charge in [-0.25, -0.2) is 13.8 Å². The first-order valence-corrected chi connectivity index (χ1v) is 11.4. The highest BCUT2D eigenvalue weighted by atomic mass is 35.5. The van der Waals surface area contributed by atoms with Gasteiger partial charge in [-0.2, -0.15) is 5.10 Å². The fraction of sp³-hybridized carbons (Fsp3) is 0.130. The summed E-state index contributed by atoms with van der Waals surface area (Å²) in [6.45, 7) is 1.21. The number of amides is 1. The van der Waals surface area contributed by atoms with Crippen molar-refractivity contribution in [3.8, 4) is 5.75 Å². The van der Waals surface area contributed by atoms with Crippen LogP contribution < -0.4 is 14.5 Å². The molecule has 0 saturated heterocycles. The lowest BCUT2D eigenvalue weighted by molar-refractivity contribution is -0.119. The lowest BCUT2D eigenvalue weighted by Crippen LogP contribution is -2.40. The molecule has 166 valence electrons. The van der Waals surface area contributed by atoms with E-state index in [4.69, 9.17) is 16.3 Å². The van der Waals surface area contributed by atoms with Crippen LogP contribution in [0.15, 0.2) is 82.8 Å². The molecule has 1 amide bonds. The zero-order chi connectivity index (χ0) is 23.1. The van der Waals surface area contributed by atoms with Crippen molar-refractivity contribution < 1.29 is 17.9 Å². The standard InChI is InChI=1S/C23H22ClN3O4S/c1-17-20(24)12-8-13-21(17)27(32(29,30)19-10-4-3-5-11-19)16-23(28)26-25-15-18-9-6-7-14-22(18)31-2/h3-15H,16H2,1-2H3,(H,26,28)/b25-15-. The summed E-state index contributed by atoms with van der Waals surface area (Å²) in [6.07, 6.45) is 1.43. The number of nitrogens with zero attached hydrogens (tertiary/aromatic N) is 2. The van der Waals surface area contributed by atoms with Crippen LogP contribution in [0.1, 0.15) is 11.1 Å². The van der Waals surface area contributed by atoms with Crippen LogP contribution in [0.25, 0.3) is 0 Å². The highest BCUT2D eigenvalue weighted by Crippen LogP contribution is 2.30. The number of carbonyl (C=O) groups is 1. The molecule has 9 heteroatoms. The van der Waals surface area contributed by atoms with Crippen molar-refractivity contribution in [3.63, 3.8) is 0 Å². The predicted molar refractivity (Wildman–Crippen MR) is 126 cm³/mol. The van der Waals surface area contributed by atoms with Gasteiger partial charge in [0, 0.05) is 10.6 Å². The summed E-state index contributed by atoms with van der Waals surface area (Å²) in [6, 6.07) is 20.0. The molecule has 0 aliphatic carbocycles. The van der Waals surface area contributed by atoms with Gasteiger partial charge in [-0.05, 0) is 48.9 Å². The van der Waals surface area contributed by atoms with E-state index in [1.807, 2.05) is 12.1 Å². The largest absolute Gasteiger partial charge is 0.496 e. The lowest BCUT2D eigenvalue weighted by Gasteiger charge is -2.25. The number of hydrogen-bond donors (Lipinski definition) is 1. The molecular weight excluding hydrogens is 450 g/mol. The molecule has 0 aliphatic rings. The maximum Gasteiger partial charge on any atom is 0.264 e. The predicted octanol–water partition coefficient (Wildman–Crippen LogP) is 4.00. The number of rotatable bonds is 8. The molecule has 3 aromatic rings. The highest BCUT2D eigenvalue weighted by Gasteiger charge is 2.28. The Balaban J connectivity index is 1.88. The average molecular weight is 472 g/mol. The van der Waals surface area contributed by atoms with Gasteiger partial charge < -0.3 is 4.74 Å². The molecule has 0 aromatic heterocycles. The second-order valence-electron chi connectivity index (χ2n) is 6.74. The number of carbonyl (C=O) groups excluding carboxylic acids is 1. The average Bonchev–Trinajstić information content (AvgIpc) is 2.80. The summed E-state index contributed by atoms with van der Waals surface area (Å²) in [4.78, 5) is 12.7. The third-order valence-corrected chi connectivity index (χ3v) is 6.84. The number of nitrogens with one attached hydrogen (secondary N) is 1. The second kappa shape index (κ2) is 10.3. The molecule has 7 nitrogen and oxygen atoms in total. The molecule has 32 heavy (non-hydrogen) atoms. The van der Waals surface area contributed by atoms with Gasteiger partial charge in [0.2, 0.25) is 0 Å². The molecule has 0 spiro atoms. The van der Waals surface area contributed by atoms with Crippen molar-refractivity contribution in [2.75, 3.05) is 18.0 Å². The van der Waals surface area contributed by atoms with E-state index in [0.29, 0.717) is 27.6 Å². The number of halogens is 1. The number of methoxy groups -OCH3 is 1. The SMILES string of the molecule is COc1ccccc1/C=N\NC(=O)CN(c1cccc(Cl)c1C)S(=O)(=O)c1ccccc1. The van der Waals surface area contributed by atoms with Crippen LogP contribution in [0, 0.1) is 6.92 Å². The normalized spacial score (nSPS) is 11.3. The number of ether oxygens (including phenoxy) is 1. The van der Waals surface area contributed by atoms with Crippen molar-refractivity contribution in [1.82, 2.24) is 5.43 Å². The number of sulfonamides is 1. The molecule has 0 bridgehead atoms. The maximum absolute atomic E-state index is 13.4. The van der Waals surface area contributed by atoms with E-state index in [1.165, 1.54) is 25.5 Å². The fourth-order valence-corrected chi connectivity index (χ4v) is 4.67. The Morgan fingerprint density at radius 1 is 1.06 bits per heavy atom. The van der Waals surface area contributed by atoms with Crippen LogP contribution in [-0.2, 0) is 14.8 Å². The Labute approximate surface area is 192 Å². The fourth-order valence-electron chi connectivity index (χ4n) is 3.00. The van der Waals surface area contributed by atoms with E-state index in [2.05, 4.69) is 10.5 Å². The topological polar surface area (TPSA) is 88.1 Å². The van der Waals surface area contributed by atoms with Gasteiger partial charge in [0.1, 0.15) is 12.3 Å². The molecule has 3 aromatic carbocycles. The Morgan fingerprint density at radius 2 is 1.75 bits per heavy atom. The summed E-state index contributed by atoms with van der Waals surface area (Å²) >= 11 is 6.21. The molecular formula is C23H22ClN3O4S. The van der Waals surface area contributed by atoms with Crippen molar-refractivity contribution in [3.05, 3.63) is 88.9 Å². The van der Waals surface area contributed by atoms with E-state index >= 15 is 0 Å². The van der Waals surface area contributed by atoms with E-state index in [9.17, 15) is 13.2 Å².